The number of aromatic amines is 1. The van der Waals surface area contributed by atoms with Crippen molar-refractivity contribution in [2.45, 2.75) is 32.1 Å². The second-order valence-corrected chi connectivity index (χ2v) is 7.01. The number of carbonyl (C=O) groups excluding carboxylic acids is 2. The lowest BCUT2D eigenvalue weighted by Gasteiger charge is -2.25. The molecule has 3 N–H and O–H groups in total. The van der Waals surface area contributed by atoms with Crippen molar-refractivity contribution in [1.82, 2.24) is 9.97 Å². The molecule has 4 rings (SSSR count). The summed E-state index contributed by atoms with van der Waals surface area (Å²) in [5, 5.41) is 5.45. The van der Waals surface area contributed by atoms with E-state index in [9.17, 15) is 14.4 Å². The average molecular weight is 367 g/mol. The first-order chi connectivity index (χ1) is 13.0. The van der Waals surface area contributed by atoms with E-state index in [4.69, 9.17) is 0 Å². The van der Waals surface area contributed by atoms with E-state index in [2.05, 4.69) is 20.6 Å². The van der Waals surface area contributed by atoms with Crippen molar-refractivity contribution < 1.29 is 9.59 Å². The van der Waals surface area contributed by atoms with Crippen LogP contribution < -0.4 is 21.1 Å². The molecule has 140 valence electrons. The zero-order valence-electron chi connectivity index (χ0n) is 15.0. The number of nitrogens with zero attached hydrogens (tertiary/aromatic N) is 2. The van der Waals surface area contributed by atoms with E-state index in [-0.39, 0.29) is 29.3 Å². The quantitative estimate of drug-likeness (QED) is 0.766. The van der Waals surface area contributed by atoms with E-state index < -0.39 is 11.8 Å². The summed E-state index contributed by atoms with van der Waals surface area (Å²) in [6.07, 6.45) is 1.99. The molecule has 1 atom stereocenters. The average Bonchev–Trinajstić information content (AvgIpc) is 3.15. The number of anilines is 3. The molecular formula is C19H21N5O3. The minimum Gasteiger partial charge on any atom is -0.342 e. The van der Waals surface area contributed by atoms with Crippen LogP contribution in [0.3, 0.4) is 0 Å². The lowest BCUT2D eigenvalue weighted by molar-refractivity contribution is -0.123. The van der Waals surface area contributed by atoms with E-state index >= 15 is 0 Å². The van der Waals surface area contributed by atoms with Crippen LogP contribution in [-0.2, 0) is 9.59 Å². The third-order valence-corrected chi connectivity index (χ3v) is 4.95. The van der Waals surface area contributed by atoms with Crippen molar-refractivity contribution in [3.63, 3.8) is 0 Å². The zero-order valence-corrected chi connectivity index (χ0v) is 15.0. The van der Waals surface area contributed by atoms with E-state index in [0.717, 1.165) is 31.5 Å². The second kappa shape index (κ2) is 6.86. The Kier molecular flexibility index (Phi) is 4.39. The molecule has 0 radical (unpaired) electrons. The molecule has 8 nitrogen and oxygen atoms in total. The van der Waals surface area contributed by atoms with Crippen LogP contribution in [-0.4, -0.2) is 34.9 Å². The van der Waals surface area contributed by atoms with Crippen molar-refractivity contribution in [2.75, 3.05) is 28.6 Å². The van der Waals surface area contributed by atoms with E-state index in [1.807, 2.05) is 30.0 Å². The lowest BCUT2D eigenvalue weighted by Crippen LogP contribution is -2.37. The summed E-state index contributed by atoms with van der Waals surface area (Å²) in [5.41, 5.74) is 1.46. The number of fused-ring (bicyclic) bond motifs is 1. The molecule has 3 heterocycles. The minimum atomic E-state index is -0.877. The number of aryl methyl sites for hydroxylation is 1. The van der Waals surface area contributed by atoms with E-state index in [1.54, 1.807) is 6.07 Å². The predicted molar refractivity (Wildman–Crippen MR) is 102 cm³/mol. The van der Waals surface area contributed by atoms with Crippen LogP contribution >= 0.6 is 0 Å². The number of amides is 2. The molecule has 2 aliphatic rings. The van der Waals surface area contributed by atoms with Gasteiger partial charge < -0.3 is 15.5 Å². The molecule has 8 heteroatoms. The molecule has 1 aromatic heterocycles. The molecule has 2 aliphatic heterocycles. The molecule has 1 saturated heterocycles. The summed E-state index contributed by atoms with van der Waals surface area (Å²) in [4.78, 5) is 46.8. The maximum Gasteiger partial charge on any atom is 0.258 e. The Bertz CT molecular complexity index is 962. The van der Waals surface area contributed by atoms with Crippen LogP contribution in [0.15, 0.2) is 29.1 Å². The molecule has 1 fully saturated rings. The standard InChI is InChI=1S/C19H21N5O3/c1-11-5-4-6-12(9-11)20-17(26)13-10-14(25)21-16-15(13)18(27)23-19(22-16)24-7-2-3-8-24/h4-6,9,13H,2-3,7-8,10H2,1H3,(H,20,26)(H2,21,22,23,25,27)/t13-/m0/s1. The highest BCUT2D eigenvalue weighted by molar-refractivity contribution is 6.04. The Balaban J connectivity index is 1.66. The van der Waals surface area contributed by atoms with Crippen LogP contribution in [0.5, 0.6) is 0 Å². The van der Waals surface area contributed by atoms with Gasteiger partial charge in [0.1, 0.15) is 5.82 Å². The third-order valence-electron chi connectivity index (χ3n) is 4.95. The molecule has 2 amide bonds. The summed E-state index contributed by atoms with van der Waals surface area (Å²) in [7, 11) is 0. The van der Waals surface area contributed by atoms with Gasteiger partial charge in [0.05, 0.1) is 11.5 Å². The molecule has 0 saturated carbocycles. The van der Waals surface area contributed by atoms with Gasteiger partial charge in [-0.3, -0.25) is 19.4 Å². The predicted octanol–water partition coefficient (Wildman–Crippen LogP) is 1.74. The highest BCUT2D eigenvalue weighted by Gasteiger charge is 2.35. The number of hydrogen-bond acceptors (Lipinski definition) is 5. The number of carbonyl (C=O) groups is 2. The fourth-order valence-electron chi connectivity index (χ4n) is 3.61. The summed E-state index contributed by atoms with van der Waals surface area (Å²) in [6, 6.07) is 7.37. The van der Waals surface area contributed by atoms with Crippen LogP contribution in [0, 0.1) is 6.92 Å². The molecule has 0 bridgehead atoms. The Hall–Kier alpha value is -3.16. The molecule has 0 spiro atoms. The molecule has 0 aliphatic carbocycles. The van der Waals surface area contributed by atoms with Gasteiger partial charge in [0.2, 0.25) is 17.8 Å². The van der Waals surface area contributed by atoms with E-state index in [0.29, 0.717) is 11.6 Å². The third kappa shape index (κ3) is 3.42. The highest BCUT2D eigenvalue weighted by Crippen LogP contribution is 2.30. The summed E-state index contributed by atoms with van der Waals surface area (Å²) >= 11 is 0. The van der Waals surface area contributed by atoms with Crippen LogP contribution in [0.4, 0.5) is 17.5 Å². The fourth-order valence-corrected chi connectivity index (χ4v) is 3.61. The Morgan fingerprint density at radius 3 is 2.78 bits per heavy atom. The molecule has 27 heavy (non-hydrogen) atoms. The molecule has 1 aromatic carbocycles. The molecule has 0 unspecified atom stereocenters. The van der Waals surface area contributed by atoms with Crippen LogP contribution in [0.1, 0.15) is 36.3 Å². The zero-order chi connectivity index (χ0) is 19.0. The van der Waals surface area contributed by atoms with Gasteiger partial charge in [-0.25, -0.2) is 0 Å². The SMILES string of the molecule is Cc1cccc(NC(=O)[C@H]2CC(=O)Nc3nc(N4CCCC4)[nH]c(=O)c32)c1. The molecular weight excluding hydrogens is 346 g/mol. The summed E-state index contributed by atoms with van der Waals surface area (Å²) < 4.78 is 0. The van der Waals surface area contributed by atoms with Gasteiger partial charge >= 0.3 is 0 Å². The van der Waals surface area contributed by atoms with Gasteiger partial charge in [-0.2, -0.15) is 4.98 Å². The monoisotopic (exact) mass is 367 g/mol. The highest BCUT2D eigenvalue weighted by atomic mass is 16.2. The van der Waals surface area contributed by atoms with Crippen molar-refractivity contribution in [2.24, 2.45) is 0 Å². The first-order valence-corrected chi connectivity index (χ1v) is 9.08. The maximum atomic E-state index is 12.8. The normalized spacial score (nSPS) is 18.8. The van der Waals surface area contributed by atoms with Crippen molar-refractivity contribution >= 4 is 29.3 Å². The number of aromatic nitrogens is 2. The summed E-state index contributed by atoms with van der Waals surface area (Å²) in [5.74, 6) is -0.967. The van der Waals surface area contributed by atoms with Gasteiger partial charge in [-0.15, -0.1) is 0 Å². The first kappa shape index (κ1) is 17.3. The first-order valence-electron chi connectivity index (χ1n) is 9.08. The van der Waals surface area contributed by atoms with Gasteiger partial charge in [0.15, 0.2) is 0 Å². The van der Waals surface area contributed by atoms with Crippen molar-refractivity contribution in [1.29, 1.82) is 0 Å². The Morgan fingerprint density at radius 1 is 1.26 bits per heavy atom. The lowest BCUT2D eigenvalue weighted by atomic mass is 9.92. The topological polar surface area (TPSA) is 107 Å². The minimum absolute atomic E-state index is 0.0849. The second-order valence-electron chi connectivity index (χ2n) is 7.01. The number of hydrogen-bond donors (Lipinski definition) is 3. The van der Waals surface area contributed by atoms with Gasteiger partial charge in [0, 0.05) is 25.2 Å². The van der Waals surface area contributed by atoms with Crippen LogP contribution in [0.2, 0.25) is 0 Å². The number of rotatable bonds is 3. The smallest absolute Gasteiger partial charge is 0.258 e. The van der Waals surface area contributed by atoms with Crippen molar-refractivity contribution in [3.05, 3.63) is 45.7 Å². The van der Waals surface area contributed by atoms with Crippen LogP contribution in [0.25, 0.3) is 0 Å². The summed E-state index contributed by atoms with van der Waals surface area (Å²) in [6.45, 7) is 3.55. The largest absolute Gasteiger partial charge is 0.342 e. The van der Waals surface area contributed by atoms with E-state index in [1.165, 1.54) is 0 Å². The Labute approximate surface area is 156 Å². The number of nitrogens with one attached hydrogen (secondary N) is 3. The number of benzene rings is 1. The van der Waals surface area contributed by atoms with Gasteiger partial charge in [-0.05, 0) is 37.5 Å². The van der Waals surface area contributed by atoms with Crippen molar-refractivity contribution in [3.8, 4) is 0 Å². The fraction of sp³-hybridized carbons (Fsp3) is 0.368. The number of H-pyrrole nitrogens is 1. The molecule has 2 aromatic rings. The van der Waals surface area contributed by atoms with Gasteiger partial charge in [-0.1, -0.05) is 12.1 Å². The maximum absolute atomic E-state index is 12.8. The van der Waals surface area contributed by atoms with Gasteiger partial charge in [0.25, 0.3) is 5.56 Å². The Morgan fingerprint density at radius 2 is 2.04 bits per heavy atom.